The smallest absolute Gasteiger partial charge is 0.136 e. The van der Waals surface area contributed by atoms with Crippen LogP contribution in [0.3, 0.4) is 0 Å². The molecule has 3 aromatic heterocycles. The molecular formula is C59H45N3O. The van der Waals surface area contributed by atoms with E-state index >= 15 is 0 Å². The maximum Gasteiger partial charge on any atom is 0.136 e. The molecule has 0 fully saturated rings. The second kappa shape index (κ2) is 14.7. The van der Waals surface area contributed by atoms with Gasteiger partial charge in [0.1, 0.15) is 11.2 Å². The lowest BCUT2D eigenvalue weighted by Crippen LogP contribution is -2.18. The first-order chi connectivity index (χ1) is 31.1. The van der Waals surface area contributed by atoms with Gasteiger partial charge < -0.3 is 13.6 Å². The highest BCUT2D eigenvalue weighted by molar-refractivity contribution is 6.26. The maximum absolute atomic E-state index is 6.44. The minimum atomic E-state index is 0.0152. The number of benzene rings is 8. The molecule has 4 heteroatoms. The fraction of sp³-hybridized carbons (Fsp3) is 0.102. The van der Waals surface area contributed by atoms with Crippen molar-refractivity contribution in [3.63, 3.8) is 0 Å². The van der Waals surface area contributed by atoms with Crippen LogP contribution in [0.2, 0.25) is 0 Å². The van der Waals surface area contributed by atoms with E-state index in [9.17, 15) is 0 Å². The van der Waals surface area contributed by atoms with Gasteiger partial charge >= 0.3 is 0 Å². The Morgan fingerprint density at radius 2 is 1.17 bits per heavy atom. The van der Waals surface area contributed by atoms with Crippen LogP contribution in [0.4, 0.5) is 0 Å². The zero-order chi connectivity index (χ0) is 42.2. The molecule has 63 heavy (non-hydrogen) atoms. The molecule has 1 unspecified atom stereocenters. The first-order valence-electron chi connectivity index (χ1n) is 22.1. The Kier molecular flexibility index (Phi) is 8.68. The number of furan rings is 1. The average molecular weight is 812 g/mol. The molecule has 12 rings (SSSR count). The fourth-order valence-corrected chi connectivity index (χ4v) is 10.4. The first kappa shape index (κ1) is 37.1. The van der Waals surface area contributed by atoms with Gasteiger partial charge in [0.25, 0.3) is 0 Å². The number of nitrogens with zero attached hydrogens (tertiary/aromatic N) is 3. The van der Waals surface area contributed by atoms with E-state index in [1.54, 1.807) is 0 Å². The summed E-state index contributed by atoms with van der Waals surface area (Å²) in [6, 6.07) is 68.0. The third-order valence-electron chi connectivity index (χ3n) is 13.6. The molecule has 0 saturated heterocycles. The van der Waals surface area contributed by atoms with Crippen molar-refractivity contribution in [1.29, 1.82) is 0 Å². The Morgan fingerprint density at radius 3 is 1.97 bits per heavy atom. The topological polar surface area (TPSA) is 35.4 Å². The second-order valence-corrected chi connectivity index (χ2v) is 17.0. The highest BCUT2D eigenvalue weighted by Crippen LogP contribution is 2.44. The van der Waals surface area contributed by atoms with E-state index in [1.165, 1.54) is 65.9 Å². The predicted molar refractivity (Wildman–Crippen MR) is 265 cm³/mol. The lowest BCUT2D eigenvalue weighted by Gasteiger charge is -2.26. The van der Waals surface area contributed by atoms with E-state index in [-0.39, 0.29) is 5.92 Å². The number of aromatic nitrogens is 2. The highest BCUT2D eigenvalue weighted by Gasteiger charge is 2.27. The molecule has 0 amide bonds. The summed E-state index contributed by atoms with van der Waals surface area (Å²) in [6.45, 7) is 6.94. The van der Waals surface area contributed by atoms with Crippen LogP contribution in [-0.2, 0) is 0 Å². The Bertz CT molecular complexity index is 3700. The number of hydrogen-bond donors (Lipinski definition) is 0. The fourth-order valence-electron chi connectivity index (χ4n) is 10.4. The van der Waals surface area contributed by atoms with Gasteiger partial charge in [-0.25, -0.2) is 0 Å². The van der Waals surface area contributed by atoms with E-state index in [0.717, 1.165) is 68.7 Å². The van der Waals surface area contributed by atoms with Gasteiger partial charge in [-0.05, 0) is 91.1 Å². The Hall–Kier alpha value is -7.69. The molecule has 0 radical (unpaired) electrons. The van der Waals surface area contributed by atoms with Gasteiger partial charge in [-0.15, -0.1) is 0 Å². The molecule has 0 saturated carbocycles. The van der Waals surface area contributed by atoms with Crippen molar-refractivity contribution >= 4 is 82.5 Å². The van der Waals surface area contributed by atoms with Gasteiger partial charge in [0, 0.05) is 60.7 Å². The summed E-state index contributed by atoms with van der Waals surface area (Å²) in [5.74, 6) is 0.0152. The molecule has 302 valence electrons. The van der Waals surface area contributed by atoms with Crippen LogP contribution in [0.25, 0.3) is 88.2 Å². The Morgan fingerprint density at radius 1 is 0.540 bits per heavy atom. The minimum Gasteiger partial charge on any atom is -0.456 e. The van der Waals surface area contributed by atoms with Gasteiger partial charge in [-0.2, -0.15) is 0 Å². The van der Waals surface area contributed by atoms with Gasteiger partial charge in [-0.1, -0.05) is 153 Å². The summed E-state index contributed by atoms with van der Waals surface area (Å²) in [6.07, 6.45) is 1.68. The molecule has 1 aliphatic rings. The summed E-state index contributed by atoms with van der Waals surface area (Å²) in [4.78, 5) is 5.73. The van der Waals surface area contributed by atoms with Crippen LogP contribution < -0.4 is 0 Å². The molecule has 0 spiro atoms. The van der Waals surface area contributed by atoms with Crippen molar-refractivity contribution in [2.45, 2.75) is 33.6 Å². The van der Waals surface area contributed by atoms with Crippen LogP contribution in [0, 0.1) is 5.92 Å². The summed E-state index contributed by atoms with van der Waals surface area (Å²) < 4.78 is 11.4. The van der Waals surface area contributed by atoms with E-state index in [0.29, 0.717) is 0 Å². The van der Waals surface area contributed by atoms with Crippen molar-refractivity contribution in [2.24, 2.45) is 10.9 Å². The Balaban J connectivity index is 1.09. The minimum absolute atomic E-state index is 0.0152. The molecule has 0 bridgehead atoms. The lowest BCUT2D eigenvalue weighted by atomic mass is 9.81. The summed E-state index contributed by atoms with van der Waals surface area (Å²) in [5, 5.41) is 7.24. The zero-order valence-electron chi connectivity index (χ0n) is 35.6. The summed E-state index contributed by atoms with van der Waals surface area (Å²) in [7, 11) is 0. The number of rotatable bonds is 6. The first-order valence-corrected chi connectivity index (χ1v) is 22.1. The average Bonchev–Trinajstić information content (AvgIpc) is 4.00. The molecule has 0 aliphatic carbocycles. The van der Waals surface area contributed by atoms with Crippen molar-refractivity contribution in [3.8, 4) is 11.4 Å². The lowest BCUT2D eigenvalue weighted by molar-refractivity contribution is 0.669. The number of para-hydroxylation sites is 4. The molecule has 0 N–H and O–H groups in total. The van der Waals surface area contributed by atoms with Crippen molar-refractivity contribution < 1.29 is 4.42 Å². The molecule has 8 aromatic carbocycles. The van der Waals surface area contributed by atoms with E-state index < -0.39 is 0 Å². The molecule has 4 nitrogen and oxygen atoms in total. The molecule has 11 aromatic rings. The third-order valence-corrected chi connectivity index (χ3v) is 13.6. The van der Waals surface area contributed by atoms with Crippen molar-refractivity contribution in [2.75, 3.05) is 0 Å². The van der Waals surface area contributed by atoms with Crippen LogP contribution in [-0.4, -0.2) is 14.8 Å². The van der Waals surface area contributed by atoms with E-state index in [1.807, 2.05) is 6.07 Å². The Labute approximate surface area is 366 Å². The van der Waals surface area contributed by atoms with Crippen LogP contribution in [0.1, 0.15) is 50.3 Å². The van der Waals surface area contributed by atoms with Crippen molar-refractivity contribution in [3.05, 3.63) is 216 Å². The van der Waals surface area contributed by atoms with Crippen LogP contribution in [0.15, 0.2) is 209 Å². The number of aliphatic imine (C=N–C) groups is 1. The van der Waals surface area contributed by atoms with Crippen LogP contribution >= 0.6 is 0 Å². The highest BCUT2D eigenvalue weighted by atomic mass is 16.3. The maximum atomic E-state index is 6.44. The molecule has 1 aliphatic heterocycles. The van der Waals surface area contributed by atoms with Crippen LogP contribution in [0.5, 0.6) is 0 Å². The van der Waals surface area contributed by atoms with E-state index in [4.69, 9.17) is 9.41 Å². The van der Waals surface area contributed by atoms with E-state index in [2.05, 4.69) is 212 Å². The third kappa shape index (κ3) is 5.78. The normalized spacial score (nSPS) is 17.3. The van der Waals surface area contributed by atoms with Gasteiger partial charge in [0.05, 0.1) is 33.5 Å². The largest absolute Gasteiger partial charge is 0.456 e. The summed E-state index contributed by atoms with van der Waals surface area (Å²) >= 11 is 0. The number of hydrogen-bond acceptors (Lipinski definition) is 2. The zero-order valence-corrected chi connectivity index (χ0v) is 35.6. The standard InChI is InChI=1S/C59H45N3O/c1-4-39-36-49(37(2)38(3)57(60-58(39)40-19-7-5-8-20-40)48-28-18-32-54-55(48)47-27-13-16-31-53(47)63-54)41-21-17-24-43(35-41)61-51-30-15-12-26-46(51)56-52(61)34-33-45-44-25-11-14-29-50(44)62(59(45)56)42-22-9-6-10-23-42/h5-35,38H,4,36H2,1-3H3/b49-37-,58-39-,60-57?. The predicted octanol–water partition coefficient (Wildman–Crippen LogP) is 15.9. The monoisotopic (exact) mass is 811 g/mol. The molecule has 4 heterocycles. The molecular weight excluding hydrogens is 767 g/mol. The SMILES string of the molecule is CC/C1=C(\c2ccccc2)N=C(c2cccc3oc4ccccc4c23)C(C)/C(C)=C(\c2cccc(-n3c4ccccc4c4c3ccc3c5ccccc5n(-c5ccccc5)c34)c2)C1. The van der Waals surface area contributed by atoms with Gasteiger partial charge in [0.2, 0.25) is 0 Å². The number of allylic oxidation sites excluding steroid dienone is 3. The second-order valence-electron chi connectivity index (χ2n) is 17.0. The van der Waals surface area contributed by atoms with Gasteiger partial charge in [-0.3, -0.25) is 4.99 Å². The summed E-state index contributed by atoms with van der Waals surface area (Å²) in [5.41, 5.74) is 18.5. The van der Waals surface area contributed by atoms with Gasteiger partial charge in [0.15, 0.2) is 0 Å². The van der Waals surface area contributed by atoms with Crippen molar-refractivity contribution in [1.82, 2.24) is 9.13 Å². The quantitative estimate of drug-likeness (QED) is 0.165. The number of fused-ring (bicyclic) bond motifs is 10. The molecule has 1 atom stereocenters.